The molecule has 0 unspecified atom stereocenters. The maximum atomic E-state index is 13.5. The monoisotopic (exact) mass is 388 g/mol. The molecule has 0 saturated carbocycles. The van der Waals surface area contributed by atoms with E-state index in [-0.39, 0.29) is 18.9 Å². The number of thioether (sulfide) groups is 1. The van der Waals surface area contributed by atoms with Crippen LogP contribution in [0.4, 0.5) is 10.1 Å². The summed E-state index contributed by atoms with van der Waals surface area (Å²) in [5.41, 5.74) is 1.05. The first kappa shape index (κ1) is 18.9. The highest BCUT2D eigenvalue weighted by Gasteiger charge is 2.29. The van der Waals surface area contributed by atoms with Gasteiger partial charge in [0.15, 0.2) is 6.61 Å². The normalized spacial score (nSPS) is 15.4. The first-order chi connectivity index (χ1) is 13.0. The Balaban J connectivity index is 1.44. The van der Waals surface area contributed by atoms with Gasteiger partial charge in [0.1, 0.15) is 5.82 Å². The largest absolute Gasteiger partial charge is 0.456 e. The molecule has 0 aliphatic carbocycles. The van der Waals surface area contributed by atoms with Crippen molar-refractivity contribution in [3.8, 4) is 0 Å². The van der Waals surface area contributed by atoms with E-state index in [9.17, 15) is 18.8 Å². The van der Waals surface area contributed by atoms with Gasteiger partial charge in [-0.05, 0) is 18.2 Å². The minimum atomic E-state index is -0.650. The number of nitrogens with one attached hydrogen (secondary N) is 2. The van der Waals surface area contributed by atoms with Gasteiger partial charge < -0.3 is 15.4 Å². The summed E-state index contributed by atoms with van der Waals surface area (Å²) >= 11 is 1.28. The predicted molar refractivity (Wildman–Crippen MR) is 98.5 cm³/mol. The number of ether oxygens (including phenoxy) is 1. The minimum absolute atomic E-state index is 0.000718. The summed E-state index contributed by atoms with van der Waals surface area (Å²) in [4.78, 5) is 36.6. The Morgan fingerprint density at radius 2 is 1.89 bits per heavy atom. The Labute approximate surface area is 159 Å². The van der Waals surface area contributed by atoms with Gasteiger partial charge in [0.05, 0.1) is 17.4 Å². The zero-order chi connectivity index (χ0) is 19.2. The summed E-state index contributed by atoms with van der Waals surface area (Å²) in [5.74, 6) is -1.89. The highest BCUT2D eigenvalue weighted by atomic mass is 32.2. The molecule has 2 amide bonds. The van der Waals surface area contributed by atoms with Crippen LogP contribution in [0.5, 0.6) is 0 Å². The van der Waals surface area contributed by atoms with Gasteiger partial charge in [0, 0.05) is 17.0 Å². The van der Waals surface area contributed by atoms with E-state index < -0.39 is 29.6 Å². The third kappa shape index (κ3) is 5.07. The van der Waals surface area contributed by atoms with Gasteiger partial charge in [-0.2, -0.15) is 0 Å². The van der Waals surface area contributed by atoms with Crippen LogP contribution in [0.1, 0.15) is 12.0 Å². The average Bonchev–Trinajstić information content (AvgIpc) is 2.66. The highest BCUT2D eigenvalue weighted by molar-refractivity contribution is 8.01. The number of fused-ring (bicyclic) bond motifs is 1. The first-order valence-electron chi connectivity index (χ1n) is 8.25. The minimum Gasteiger partial charge on any atom is -0.456 e. The number of para-hydroxylation sites is 1. The van der Waals surface area contributed by atoms with E-state index in [1.165, 1.54) is 17.8 Å². The summed E-state index contributed by atoms with van der Waals surface area (Å²) in [6.07, 6.45) is -0.147. The third-order valence-corrected chi connectivity index (χ3v) is 5.13. The number of anilines is 1. The third-order valence-electron chi connectivity index (χ3n) is 3.86. The maximum absolute atomic E-state index is 13.5. The molecule has 2 aromatic rings. The molecule has 1 aliphatic heterocycles. The van der Waals surface area contributed by atoms with Gasteiger partial charge >= 0.3 is 5.97 Å². The van der Waals surface area contributed by atoms with E-state index in [0.717, 1.165) is 4.90 Å². The van der Waals surface area contributed by atoms with Gasteiger partial charge in [-0.1, -0.05) is 30.3 Å². The molecular formula is C19H17FN2O4S. The van der Waals surface area contributed by atoms with Crippen LogP contribution in [0.15, 0.2) is 53.4 Å². The van der Waals surface area contributed by atoms with E-state index >= 15 is 0 Å². The average molecular weight is 388 g/mol. The lowest BCUT2D eigenvalue weighted by Crippen LogP contribution is -2.33. The second kappa shape index (κ2) is 8.68. The first-order valence-corrected chi connectivity index (χ1v) is 9.13. The molecule has 1 atom stereocenters. The van der Waals surface area contributed by atoms with Crippen molar-refractivity contribution in [2.24, 2.45) is 0 Å². The lowest BCUT2D eigenvalue weighted by molar-refractivity contribution is -0.149. The number of esters is 1. The zero-order valence-corrected chi connectivity index (χ0v) is 15.1. The smallest absolute Gasteiger partial charge is 0.307 e. The van der Waals surface area contributed by atoms with Crippen molar-refractivity contribution in [3.05, 3.63) is 59.9 Å². The fourth-order valence-corrected chi connectivity index (χ4v) is 3.57. The van der Waals surface area contributed by atoms with Crippen molar-refractivity contribution >= 4 is 35.2 Å². The molecule has 3 rings (SSSR count). The fraction of sp³-hybridized carbons (Fsp3) is 0.211. The van der Waals surface area contributed by atoms with Crippen molar-refractivity contribution in [1.82, 2.24) is 5.32 Å². The number of rotatable bonds is 6. The summed E-state index contributed by atoms with van der Waals surface area (Å²) in [6, 6.07) is 13.4. The number of halogens is 1. The topological polar surface area (TPSA) is 84.5 Å². The fourth-order valence-electron chi connectivity index (χ4n) is 2.47. The second-order valence-electron chi connectivity index (χ2n) is 5.82. The van der Waals surface area contributed by atoms with Gasteiger partial charge in [-0.3, -0.25) is 14.4 Å². The molecule has 0 aromatic heterocycles. The molecule has 0 spiro atoms. The van der Waals surface area contributed by atoms with E-state index in [2.05, 4.69) is 10.6 Å². The molecule has 2 aromatic carbocycles. The lowest BCUT2D eigenvalue weighted by Gasteiger charge is -2.23. The van der Waals surface area contributed by atoms with Crippen LogP contribution in [0.2, 0.25) is 0 Å². The van der Waals surface area contributed by atoms with Crippen LogP contribution < -0.4 is 10.6 Å². The number of amides is 2. The van der Waals surface area contributed by atoms with Gasteiger partial charge in [-0.25, -0.2) is 4.39 Å². The molecule has 8 heteroatoms. The summed E-state index contributed by atoms with van der Waals surface area (Å²) < 4.78 is 18.4. The summed E-state index contributed by atoms with van der Waals surface area (Å²) in [5, 5.41) is 4.60. The highest BCUT2D eigenvalue weighted by Crippen LogP contribution is 2.36. The molecule has 1 aliphatic rings. The molecule has 6 nitrogen and oxygen atoms in total. The molecule has 0 radical (unpaired) electrons. The second-order valence-corrected chi connectivity index (χ2v) is 7.07. The Kier molecular flexibility index (Phi) is 6.08. The number of hydrogen-bond acceptors (Lipinski definition) is 5. The van der Waals surface area contributed by atoms with Gasteiger partial charge in [-0.15, -0.1) is 11.8 Å². The molecule has 1 heterocycles. The van der Waals surface area contributed by atoms with E-state index in [0.29, 0.717) is 11.3 Å². The number of hydrogen-bond donors (Lipinski definition) is 2. The summed E-state index contributed by atoms with van der Waals surface area (Å²) in [7, 11) is 0. The van der Waals surface area contributed by atoms with E-state index in [1.54, 1.807) is 24.3 Å². The van der Waals surface area contributed by atoms with E-state index in [4.69, 9.17) is 4.74 Å². The standard InChI is InChI=1S/C19H17FN2O4S/c20-13-6-2-1-5-12(13)10-21-17(23)11-26-18(24)9-16-19(25)22-14-7-3-4-8-15(14)27-16/h1-8,16H,9-11H2,(H,21,23)(H,22,25)/t16-/m1/s1. The predicted octanol–water partition coefficient (Wildman–Crippen LogP) is 2.49. The molecule has 27 heavy (non-hydrogen) atoms. The number of benzene rings is 2. The molecule has 2 N–H and O–H groups in total. The van der Waals surface area contributed by atoms with Crippen molar-refractivity contribution in [1.29, 1.82) is 0 Å². The van der Waals surface area contributed by atoms with Crippen molar-refractivity contribution < 1.29 is 23.5 Å². The zero-order valence-electron chi connectivity index (χ0n) is 14.2. The molecular weight excluding hydrogens is 371 g/mol. The molecule has 140 valence electrons. The molecule has 0 bridgehead atoms. The van der Waals surface area contributed by atoms with Crippen LogP contribution >= 0.6 is 11.8 Å². The molecule has 0 fully saturated rings. The SMILES string of the molecule is O=C(COC(=O)C[C@H]1Sc2ccccc2NC1=O)NCc1ccccc1F. The quantitative estimate of drug-likeness (QED) is 0.743. The lowest BCUT2D eigenvalue weighted by atomic mass is 10.2. The van der Waals surface area contributed by atoms with Crippen molar-refractivity contribution in [2.45, 2.75) is 23.1 Å². The van der Waals surface area contributed by atoms with Crippen LogP contribution in [-0.2, 0) is 25.7 Å². The Hall–Kier alpha value is -2.87. The van der Waals surface area contributed by atoms with E-state index in [1.807, 2.05) is 18.2 Å². The van der Waals surface area contributed by atoms with Crippen LogP contribution in [0, 0.1) is 5.82 Å². The van der Waals surface area contributed by atoms with Crippen molar-refractivity contribution in [3.63, 3.8) is 0 Å². The summed E-state index contributed by atoms with van der Waals surface area (Å²) in [6.45, 7) is -0.483. The van der Waals surface area contributed by atoms with Gasteiger partial charge in [0.25, 0.3) is 5.91 Å². The van der Waals surface area contributed by atoms with Crippen molar-refractivity contribution in [2.75, 3.05) is 11.9 Å². The Morgan fingerprint density at radius 3 is 2.70 bits per heavy atom. The van der Waals surface area contributed by atoms with Crippen LogP contribution in [-0.4, -0.2) is 29.6 Å². The maximum Gasteiger partial charge on any atom is 0.307 e. The van der Waals surface area contributed by atoms with Crippen LogP contribution in [0.25, 0.3) is 0 Å². The Morgan fingerprint density at radius 1 is 1.15 bits per heavy atom. The van der Waals surface area contributed by atoms with Crippen LogP contribution in [0.3, 0.4) is 0 Å². The number of carbonyl (C=O) groups is 3. The Bertz CT molecular complexity index is 874. The molecule has 0 saturated heterocycles. The number of carbonyl (C=O) groups excluding carboxylic acids is 3. The van der Waals surface area contributed by atoms with Gasteiger partial charge in [0.2, 0.25) is 5.91 Å².